The number of carbonyl (C=O) groups excluding carboxylic acids is 3. The third-order valence-electron chi connectivity index (χ3n) is 5.37. The Balaban J connectivity index is 1.55. The molecule has 3 heterocycles. The van der Waals surface area contributed by atoms with E-state index >= 15 is 0 Å². The Hall–Kier alpha value is -3.65. The van der Waals surface area contributed by atoms with E-state index in [0.717, 1.165) is 5.56 Å². The second-order valence-corrected chi connectivity index (χ2v) is 7.87. The van der Waals surface area contributed by atoms with Crippen LogP contribution in [0.4, 0.5) is 4.79 Å². The molecule has 0 aliphatic carbocycles. The quantitative estimate of drug-likeness (QED) is 0.632. The maximum absolute atomic E-state index is 13.3. The first kappa shape index (κ1) is 21.6. The number of carbonyl (C=O) groups is 3. The number of hydrogen-bond acceptors (Lipinski definition) is 4. The molecular weight excluding hydrogens is 430 g/mol. The van der Waals surface area contributed by atoms with Crippen LogP contribution >= 0.6 is 11.6 Å². The van der Waals surface area contributed by atoms with Gasteiger partial charge in [0.1, 0.15) is 6.54 Å². The molecule has 4 rings (SSSR count). The van der Waals surface area contributed by atoms with Crippen molar-refractivity contribution in [2.75, 3.05) is 19.6 Å². The summed E-state index contributed by atoms with van der Waals surface area (Å²) in [7, 11) is 0. The molecule has 0 radical (unpaired) electrons. The van der Waals surface area contributed by atoms with Crippen molar-refractivity contribution in [3.63, 3.8) is 0 Å². The summed E-state index contributed by atoms with van der Waals surface area (Å²) in [6.45, 7) is 4.28. The van der Waals surface area contributed by atoms with Crippen molar-refractivity contribution in [3.8, 4) is 0 Å². The highest BCUT2D eigenvalue weighted by atomic mass is 35.5. The Labute approximate surface area is 190 Å². The summed E-state index contributed by atoms with van der Waals surface area (Å²) in [5.74, 6) is -0.610. The van der Waals surface area contributed by atoms with Gasteiger partial charge >= 0.3 is 6.03 Å². The van der Waals surface area contributed by atoms with Gasteiger partial charge in [0.25, 0.3) is 5.91 Å². The van der Waals surface area contributed by atoms with Crippen molar-refractivity contribution in [2.24, 2.45) is 0 Å². The van der Waals surface area contributed by atoms with Crippen molar-refractivity contribution in [1.29, 1.82) is 0 Å². The standard InChI is InChI=1S/C23H22ClN5O3/c1-2-10-29-18-13-28(14-19(30)26-12-15-6-5-9-25-11-15)22(31)20(18)21(27-23(29)32)16-7-3-4-8-17(16)24/h2-9,11,21H,1,10,12-14H2,(H,26,30)(H,27,32)/t21-/m0/s1. The largest absolute Gasteiger partial charge is 0.350 e. The summed E-state index contributed by atoms with van der Waals surface area (Å²) >= 11 is 6.36. The highest BCUT2D eigenvalue weighted by molar-refractivity contribution is 6.31. The van der Waals surface area contributed by atoms with E-state index in [1.54, 1.807) is 48.8 Å². The molecule has 1 aromatic heterocycles. The molecule has 2 aromatic rings. The third-order valence-corrected chi connectivity index (χ3v) is 5.72. The molecule has 9 heteroatoms. The normalized spacial score (nSPS) is 17.8. The van der Waals surface area contributed by atoms with Gasteiger partial charge in [-0.3, -0.25) is 19.5 Å². The molecule has 8 nitrogen and oxygen atoms in total. The maximum Gasteiger partial charge on any atom is 0.322 e. The van der Waals surface area contributed by atoms with E-state index < -0.39 is 6.04 Å². The lowest BCUT2D eigenvalue weighted by atomic mass is 9.95. The van der Waals surface area contributed by atoms with E-state index in [0.29, 0.717) is 28.4 Å². The van der Waals surface area contributed by atoms with E-state index in [1.807, 2.05) is 6.07 Å². The summed E-state index contributed by atoms with van der Waals surface area (Å²) in [5, 5.41) is 6.12. The molecule has 1 atom stereocenters. The fourth-order valence-corrected chi connectivity index (χ4v) is 4.12. The smallest absolute Gasteiger partial charge is 0.322 e. The molecule has 0 bridgehead atoms. The number of urea groups is 1. The Morgan fingerprint density at radius 1 is 1.28 bits per heavy atom. The zero-order chi connectivity index (χ0) is 22.7. The number of benzene rings is 1. The average Bonchev–Trinajstić information content (AvgIpc) is 3.11. The van der Waals surface area contributed by atoms with E-state index in [1.165, 1.54) is 9.80 Å². The lowest BCUT2D eigenvalue weighted by molar-refractivity contribution is -0.132. The van der Waals surface area contributed by atoms with E-state index in [9.17, 15) is 14.4 Å². The minimum Gasteiger partial charge on any atom is -0.350 e. The topological polar surface area (TPSA) is 94.6 Å². The highest BCUT2D eigenvalue weighted by Gasteiger charge is 2.44. The van der Waals surface area contributed by atoms with Crippen LogP contribution in [0.1, 0.15) is 17.2 Å². The lowest BCUT2D eigenvalue weighted by Crippen LogP contribution is -2.47. The number of pyridine rings is 1. The zero-order valence-corrected chi connectivity index (χ0v) is 18.0. The second-order valence-electron chi connectivity index (χ2n) is 7.46. The Morgan fingerprint density at radius 3 is 2.81 bits per heavy atom. The van der Waals surface area contributed by atoms with Gasteiger partial charge in [-0.1, -0.05) is 41.9 Å². The number of rotatable bonds is 7. The number of amides is 4. The number of nitrogens with one attached hydrogen (secondary N) is 2. The molecule has 0 unspecified atom stereocenters. The van der Waals surface area contributed by atoms with Crippen LogP contribution in [0, 0.1) is 0 Å². The van der Waals surface area contributed by atoms with Gasteiger partial charge in [-0.05, 0) is 23.3 Å². The van der Waals surface area contributed by atoms with E-state index in [4.69, 9.17) is 11.6 Å². The molecule has 0 saturated heterocycles. The predicted molar refractivity (Wildman–Crippen MR) is 119 cm³/mol. The minimum absolute atomic E-state index is 0.128. The molecule has 2 N–H and O–H groups in total. The fraction of sp³-hybridized carbons (Fsp3) is 0.217. The van der Waals surface area contributed by atoms with Gasteiger partial charge in [0.15, 0.2) is 0 Å². The Kier molecular flexibility index (Phi) is 6.23. The molecule has 32 heavy (non-hydrogen) atoms. The van der Waals surface area contributed by atoms with E-state index in [2.05, 4.69) is 22.2 Å². The predicted octanol–water partition coefficient (Wildman–Crippen LogP) is 2.40. The first-order valence-electron chi connectivity index (χ1n) is 10.1. The van der Waals surface area contributed by atoms with Crippen LogP contribution in [-0.4, -0.2) is 52.3 Å². The van der Waals surface area contributed by atoms with Crippen LogP contribution < -0.4 is 10.6 Å². The molecule has 1 aromatic carbocycles. The Morgan fingerprint density at radius 2 is 2.09 bits per heavy atom. The number of halogens is 1. The van der Waals surface area contributed by atoms with Gasteiger partial charge < -0.3 is 15.5 Å². The molecule has 0 fully saturated rings. The summed E-state index contributed by atoms with van der Waals surface area (Å²) in [4.78, 5) is 45.6. The van der Waals surface area contributed by atoms with Crippen LogP contribution in [-0.2, 0) is 16.1 Å². The fourth-order valence-electron chi connectivity index (χ4n) is 3.87. The first-order valence-corrected chi connectivity index (χ1v) is 10.5. The van der Waals surface area contributed by atoms with Gasteiger partial charge in [-0.15, -0.1) is 6.58 Å². The lowest BCUT2D eigenvalue weighted by Gasteiger charge is -2.33. The van der Waals surface area contributed by atoms with Crippen molar-refractivity contribution < 1.29 is 14.4 Å². The van der Waals surface area contributed by atoms with Crippen LogP contribution in [0.15, 0.2) is 72.7 Å². The number of nitrogens with zero attached hydrogens (tertiary/aromatic N) is 3. The summed E-state index contributed by atoms with van der Waals surface area (Å²) in [6.07, 6.45) is 4.91. The van der Waals surface area contributed by atoms with E-state index in [-0.39, 0.29) is 37.5 Å². The molecule has 0 saturated carbocycles. The SMILES string of the molecule is C=CCN1C(=O)N[C@@H](c2ccccc2Cl)C2=C1CN(CC(=O)NCc1cccnc1)C2=O. The van der Waals surface area contributed by atoms with Gasteiger partial charge in [0, 0.05) is 30.5 Å². The van der Waals surface area contributed by atoms with Gasteiger partial charge in [-0.25, -0.2) is 4.79 Å². The van der Waals surface area contributed by atoms with Gasteiger partial charge in [0.05, 0.1) is 23.9 Å². The molecule has 2 aliphatic rings. The second kappa shape index (κ2) is 9.23. The minimum atomic E-state index is -0.691. The molecular formula is C23H22ClN5O3. The zero-order valence-electron chi connectivity index (χ0n) is 17.3. The molecule has 0 spiro atoms. The summed E-state index contributed by atoms with van der Waals surface area (Å²) < 4.78 is 0. The number of aromatic nitrogens is 1. The molecule has 2 aliphatic heterocycles. The van der Waals surface area contributed by atoms with Gasteiger partial charge in [0.2, 0.25) is 5.91 Å². The van der Waals surface area contributed by atoms with Crippen LogP contribution in [0.2, 0.25) is 5.02 Å². The summed E-state index contributed by atoms with van der Waals surface area (Å²) in [5.41, 5.74) is 2.46. The molecule has 4 amide bonds. The van der Waals surface area contributed by atoms with Gasteiger partial charge in [-0.2, -0.15) is 0 Å². The average molecular weight is 452 g/mol. The first-order chi connectivity index (χ1) is 15.5. The van der Waals surface area contributed by atoms with Crippen molar-refractivity contribution >= 4 is 29.4 Å². The third kappa shape index (κ3) is 4.22. The number of hydrogen-bond donors (Lipinski definition) is 2. The molecule has 164 valence electrons. The van der Waals surface area contributed by atoms with Crippen molar-refractivity contribution in [2.45, 2.75) is 12.6 Å². The van der Waals surface area contributed by atoms with Crippen LogP contribution in [0.3, 0.4) is 0 Å². The van der Waals surface area contributed by atoms with Crippen molar-refractivity contribution in [3.05, 3.63) is 88.9 Å². The van der Waals surface area contributed by atoms with Crippen molar-refractivity contribution in [1.82, 2.24) is 25.4 Å². The maximum atomic E-state index is 13.3. The summed E-state index contributed by atoms with van der Waals surface area (Å²) in [6, 6.07) is 9.68. The Bertz CT molecular complexity index is 1100. The van der Waals surface area contributed by atoms with Crippen LogP contribution in [0.5, 0.6) is 0 Å². The monoisotopic (exact) mass is 451 g/mol. The highest BCUT2D eigenvalue weighted by Crippen LogP contribution is 2.38. The van der Waals surface area contributed by atoms with Crippen LogP contribution in [0.25, 0.3) is 0 Å².